The van der Waals surface area contributed by atoms with Crippen molar-refractivity contribution >= 4 is 50.2 Å². The number of nitrogens with zero attached hydrogens (tertiary/aromatic N) is 1. The van der Waals surface area contributed by atoms with E-state index < -0.39 is 27.0 Å². The molecule has 7 nitrogen and oxygen atoms in total. The second-order valence-electron chi connectivity index (χ2n) is 9.04. The second kappa shape index (κ2) is 9.30. The Morgan fingerprint density at radius 2 is 1.89 bits per heavy atom. The predicted molar refractivity (Wildman–Crippen MR) is 134 cm³/mol. The van der Waals surface area contributed by atoms with Crippen LogP contribution in [0.3, 0.4) is 0 Å². The van der Waals surface area contributed by atoms with Gasteiger partial charge in [-0.25, -0.2) is 16.8 Å². The van der Waals surface area contributed by atoms with Crippen molar-refractivity contribution in [2.75, 3.05) is 10.6 Å². The molecule has 2 heterocycles. The van der Waals surface area contributed by atoms with Crippen molar-refractivity contribution in [3.63, 3.8) is 0 Å². The summed E-state index contributed by atoms with van der Waals surface area (Å²) in [6.45, 7) is 0. The highest BCUT2D eigenvalue weighted by Crippen LogP contribution is 2.32. The molecule has 182 valence electrons. The van der Waals surface area contributed by atoms with E-state index in [4.69, 9.17) is 0 Å². The van der Waals surface area contributed by atoms with Crippen LogP contribution in [0.15, 0.2) is 48.5 Å². The fourth-order valence-electron chi connectivity index (χ4n) is 4.97. The summed E-state index contributed by atoms with van der Waals surface area (Å²) in [6, 6.07) is 10.9. The number of aromatic nitrogens is 1. The number of anilines is 2. The van der Waals surface area contributed by atoms with Gasteiger partial charge in [-0.15, -0.1) is 0 Å². The molecule has 0 spiro atoms. The van der Waals surface area contributed by atoms with Gasteiger partial charge in [-0.1, -0.05) is 25.3 Å². The van der Waals surface area contributed by atoms with E-state index in [0.29, 0.717) is 53.7 Å². The minimum atomic E-state index is -3.74. The Balaban J connectivity index is 1.47. The lowest BCUT2D eigenvalue weighted by Gasteiger charge is -2.23. The molecule has 0 saturated heterocycles. The number of carbonyl (C=O) groups is 2. The highest BCUT2D eigenvalue weighted by molar-refractivity contribution is 7.90. The molecule has 1 aromatic heterocycles. The molecule has 2 aromatic carbocycles. The first-order valence-electron chi connectivity index (χ1n) is 11.8. The van der Waals surface area contributed by atoms with Crippen LogP contribution < -0.4 is 10.6 Å². The van der Waals surface area contributed by atoms with E-state index in [1.165, 1.54) is 34.3 Å². The molecule has 1 fully saturated rings. The van der Waals surface area contributed by atoms with Crippen LogP contribution in [0.5, 0.6) is 0 Å². The number of rotatable bonds is 5. The van der Waals surface area contributed by atoms with Gasteiger partial charge in [0, 0.05) is 29.3 Å². The van der Waals surface area contributed by atoms with E-state index in [1.807, 2.05) is 0 Å². The first kappa shape index (κ1) is 23.3. The van der Waals surface area contributed by atoms with Crippen molar-refractivity contribution in [3.8, 4) is 0 Å². The first-order chi connectivity index (χ1) is 16.8. The lowest BCUT2D eigenvalue weighted by molar-refractivity contribution is -0.116. The van der Waals surface area contributed by atoms with Gasteiger partial charge in [-0.3, -0.25) is 9.59 Å². The molecule has 0 atom stereocenters. The molecule has 2 amide bonds. The molecular weight excluding hydrogens is 469 g/mol. The van der Waals surface area contributed by atoms with Crippen LogP contribution in [-0.4, -0.2) is 29.5 Å². The smallest absolute Gasteiger partial charge is 0.248 e. The van der Waals surface area contributed by atoms with Crippen LogP contribution >= 0.6 is 0 Å². The SMILES string of the molecule is O=C(/C=C/c1cc2cc(F)ccc2n1S(=O)(=O)C1CCCCC1)Nc1cccc2c1CCC(=O)N2. The normalized spacial score (nSPS) is 16.9. The third-order valence-electron chi connectivity index (χ3n) is 6.69. The van der Waals surface area contributed by atoms with Gasteiger partial charge < -0.3 is 10.6 Å². The number of hydrogen-bond donors (Lipinski definition) is 2. The number of carbonyl (C=O) groups excluding carboxylic acids is 2. The van der Waals surface area contributed by atoms with Crippen LogP contribution in [0.1, 0.15) is 49.8 Å². The molecular formula is C26H26FN3O4S. The summed E-state index contributed by atoms with van der Waals surface area (Å²) >= 11 is 0. The maximum Gasteiger partial charge on any atom is 0.248 e. The number of hydrogen-bond acceptors (Lipinski definition) is 4. The van der Waals surface area contributed by atoms with Gasteiger partial charge in [-0.05, 0) is 67.3 Å². The van der Waals surface area contributed by atoms with Gasteiger partial charge in [-0.2, -0.15) is 0 Å². The number of benzene rings is 2. The Bertz CT molecular complexity index is 1450. The van der Waals surface area contributed by atoms with Crippen LogP contribution in [0.2, 0.25) is 0 Å². The van der Waals surface area contributed by atoms with Crippen LogP contribution in [0, 0.1) is 5.82 Å². The van der Waals surface area contributed by atoms with Crippen molar-refractivity contribution in [2.24, 2.45) is 0 Å². The number of halogens is 1. The molecule has 1 aliphatic carbocycles. The summed E-state index contributed by atoms with van der Waals surface area (Å²) in [7, 11) is -3.74. The van der Waals surface area contributed by atoms with Crippen LogP contribution in [0.4, 0.5) is 15.8 Å². The highest BCUT2D eigenvalue weighted by atomic mass is 32.2. The summed E-state index contributed by atoms with van der Waals surface area (Å²) in [6.07, 6.45) is 7.48. The summed E-state index contributed by atoms with van der Waals surface area (Å²) in [5, 5.41) is 5.57. The lowest BCUT2D eigenvalue weighted by Crippen LogP contribution is -2.30. The van der Waals surface area contributed by atoms with Crippen LogP contribution in [-0.2, 0) is 26.0 Å². The Morgan fingerprint density at radius 3 is 2.69 bits per heavy atom. The fourth-order valence-corrected chi connectivity index (χ4v) is 7.05. The van der Waals surface area contributed by atoms with Crippen molar-refractivity contribution in [3.05, 3.63) is 65.6 Å². The third-order valence-corrected chi connectivity index (χ3v) is 8.92. The molecule has 9 heteroatoms. The van der Waals surface area contributed by atoms with Gasteiger partial charge in [0.25, 0.3) is 0 Å². The average Bonchev–Trinajstić information content (AvgIpc) is 3.21. The van der Waals surface area contributed by atoms with Crippen LogP contribution in [0.25, 0.3) is 17.0 Å². The molecule has 1 aliphatic heterocycles. The van der Waals surface area contributed by atoms with Crippen molar-refractivity contribution in [2.45, 2.75) is 50.2 Å². The Morgan fingerprint density at radius 1 is 1.09 bits per heavy atom. The van der Waals surface area contributed by atoms with E-state index in [9.17, 15) is 22.4 Å². The molecule has 2 aliphatic rings. The predicted octanol–water partition coefficient (Wildman–Crippen LogP) is 4.83. The maximum absolute atomic E-state index is 13.9. The minimum Gasteiger partial charge on any atom is -0.326 e. The van der Waals surface area contributed by atoms with Crippen molar-refractivity contribution < 1.29 is 22.4 Å². The Labute approximate surface area is 203 Å². The summed E-state index contributed by atoms with van der Waals surface area (Å²) < 4.78 is 42.3. The van der Waals surface area contributed by atoms with E-state index in [0.717, 1.165) is 24.8 Å². The molecule has 0 radical (unpaired) electrons. The molecule has 5 rings (SSSR count). The zero-order chi connectivity index (χ0) is 24.6. The molecule has 3 aromatic rings. The summed E-state index contributed by atoms with van der Waals surface area (Å²) in [5.74, 6) is -0.961. The second-order valence-corrected chi connectivity index (χ2v) is 11.1. The molecule has 2 N–H and O–H groups in total. The molecule has 35 heavy (non-hydrogen) atoms. The van der Waals surface area contributed by atoms with Gasteiger partial charge in [0.15, 0.2) is 0 Å². The zero-order valence-corrected chi connectivity index (χ0v) is 19.9. The van der Waals surface area contributed by atoms with Gasteiger partial charge >= 0.3 is 0 Å². The monoisotopic (exact) mass is 495 g/mol. The van der Waals surface area contributed by atoms with E-state index in [-0.39, 0.29) is 5.91 Å². The molecule has 0 unspecified atom stereocenters. The van der Waals surface area contributed by atoms with E-state index >= 15 is 0 Å². The summed E-state index contributed by atoms with van der Waals surface area (Å²) in [5.41, 5.74) is 2.80. The fraction of sp³-hybridized carbons (Fsp3) is 0.308. The van der Waals surface area contributed by atoms with E-state index in [1.54, 1.807) is 24.3 Å². The first-order valence-corrected chi connectivity index (χ1v) is 13.3. The zero-order valence-electron chi connectivity index (χ0n) is 19.1. The van der Waals surface area contributed by atoms with Crippen molar-refractivity contribution in [1.82, 2.24) is 3.97 Å². The van der Waals surface area contributed by atoms with Gasteiger partial charge in [0.1, 0.15) is 5.82 Å². The summed E-state index contributed by atoms with van der Waals surface area (Å²) in [4.78, 5) is 24.4. The Kier molecular flexibility index (Phi) is 6.19. The topological polar surface area (TPSA) is 97.3 Å². The third kappa shape index (κ3) is 4.60. The standard InChI is InChI=1S/C26H26FN3O4S/c27-18-9-12-24-17(15-18)16-19(30(24)35(33,34)20-5-2-1-3-6-20)10-13-25(31)28-22-7-4-8-23-21(22)11-14-26(32)29-23/h4,7-10,12-13,15-16,20H,1-3,5-6,11,14H2,(H,28,31)(H,29,32)/b13-10+. The number of amides is 2. The average molecular weight is 496 g/mol. The minimum absolute atomic E-state index is 0.0655. The quantitative estimate of drug-likeness (QED) is 0.496. The highest BCUT2D eigenvalue weighted by Gasteiger charge is 2.31. The lowest BCUT2D eigenvalue weighted by atomic mass is 10.0. The number of nitrogens with one attached hydrogen (secondary N) is 2. The molecule has 1 saturated carbocycles. The van der Waals surface area contributed by atoms with Crippen molar-refractivity contribution in [1.29, 1.82) is 0 Å². The Hall–Kier alpha value is -3.46. The molecule has 0 bridgehead atoms. The number of fused-ring (bicyclic) bond motifs is 2. The van der Waals surface area contributed by atoms with Gasteiger partial charge in [0.05, 0.1) is 16.5 Å². The maximum atomic E-state index is 13.9. The largest absolute Gasteiger partial charge is 0.326 e. The van der Waals surface area contributed by atoms with E-state index in [2.05, 4.69) is 10.6 Å². The van der Waals surface area contributed by atoms with Gasteiger partial charge in [0.2, 0.25) is 21.8 Å².